The van der Waals surface area contributed by atoms with Crippen LogP contribution in [0.25, 0.3) is 28.3 Å². The van der Waals surface area contributed by atoms with Crippen LogP contribution >= 0.6 is 0 Å². The Morgan fingerprint density at radius 2 is 1.60 bits per heavy atom. The van der Waals surface area contributed by atoms with Gasteiger partial charge in [0.15, 0.2) is 0 Å². The number of aromatic nitrogens is 3. The summed E-state index contributed by atoms with van der Waals surface area (Å²) in [6.07, 6.45) is 3.86. The van der Waals surface area contributed by atoms with Gasteiger partial charge in [0.2, 0.25) is 0 Å². The van der Waals surface area contributed by atoms with Gasteiger partial charge in [-0.2, -0.15) is 0 Å². The molecule has 0 unspecified atom stereocenters. The van der Waals surface area contributed by atoms with E-state index < -0.39 is 0 Å². The van der Waals surface area contributed by atoms with Gasteiger partial charge in [0, 0.05) is 18.0 Å². The predicted octanol–water partition coefficient (Wildman–Crippen LogP) is 5.36. The third-order valence-electron chi connectivity index (χ3n) is 4.47. The molecule has 0 fully saturated rings. The molecule has 0 radical (unpaired) electrons. The van der Waals surface area contributed by atoms with Crippen LogP contribution < -0.4 is 0 Å². The van der Waals surface area contributed by atoms with Crippen LogP contribution in [0.15, 0.2) is 73.1 Å². The molecule has 4 rings (SSSR count). The molecular formula is C22H21N3. The number of hydrogen-bond acceptors (Lipinski definition) is 2. The van der Waals surface area contributed by atoms with E-state index in [-0.39, 0.29) is 5.41 Å². The number of imidazole rings is 1. The largest absolute Gasteiger partial charge is 0.299 e. The van der Waals surface area contributed by atoms with Crippen LogP contribution in [0.4, 0.5) is 0 Å². The summed E-state index contributed by atoms with van der Waals surface area (Å²) in [6, 6.07) is 20.8. The Bertz CT molecular complexity index is 1010. The number of fused-ring (bicyclic) bond motifs is 1. The molecule has 3 nitrogen and oxygen atoms in total. The fraction of sp³-hybridized carbons (Fsp3) is 0.182. The molecule has 0 aliphatic heterocycles. The molecule has 1 aromatic carbocycles. The Morgan fingerprint density at radius 3 is 2.28 bits per heavy atom. The molecule has 0 amide bonds. The summed E-state index contributed by atoms with van der Waals surface area (Å²) >= 11 is 0. The minimum Gasteiger partial charge on any atom is -0.299 e. The van der Waals surface area contributed by atoms with Gasteiger partial charge in [0.1, 0.15) is 11.5 Å². The lowest BCUT2D eigenvalue weighted by Crippen LogP contribution is -2.10. The fourth-order valence-electron chi connectivity index (χ4n) is 3.05. The highest BCUT2D eigenvalue weighted by Gasteiger charge is 2.16. The topological polar surface area (TPSA) is 30.2 Å². The van der Waals surface area contributed by atoms with Crippen LogP contribution in [0.2, 0.25) is 0 Å². The summed E-state index contributed by atoms with van der Waals surface area (Å²) in [4.78, 5) is 9.40. The Balaban J connectivity index is 1.88. The van der Waals surface area contributed by atoms with Crippen molar-refractivity contribution in [3.63, 3.8) is 0 Å². The highest BCUT2D eigenvalue weighted by atomic mass is 15.0. The van der Waals surface area contributed by atoms with Gasteiger partial charge < -0.3 is 0 Å². The molecule has 0 saturated carbocycles. The molecular weight excluding hydrogens is 306 g/mol. The molecule has 0 aliphatic carbocycles. The number of hydrogen-bond donors (Lipinski definition) is 0. The smallest absolute Gasteiger partial charge is 0.145 e. The monoisotopic (exact) mass is 327 g/mol. The molecule has 3 heterocycles. The van der Waals surface area contributed by atoms with E-state index in [1.165, 1.54) is 5.56 Å². The summed E-state index contributed by atoms with van der Waals surface area (Å²) in [6.45, 7) is 6.68. The maximum absolute atomic E-state index is 4.92. The van der Waals surface area contributed by atoms with E-state index in [2.05, 4.69) is 66.7 Å². The van der Waals surface area contributed by atoms with Gasteiger partial charge in [0.25, 0.3) is 0 Å². The first-order valence-electron chi connectivity index (χ1n) is 8.53. The van der Waals surface area contributed by atoms with Crippen molar-refractivity contribution in [2.45, 2.75) is 26.2 Å². The van der Waals surface area contributed by atoms with Gasteiger partial charge in [-0.25, -0.2) is 4.98 Å². The zero-order valence-electron chi connectivity index (χ0n) is 14.8. The lowest BCUT2D eigenvalue weighted by atomic mass is 9.87. The third-order valence-corrected chi connectivity index (χ3v) is 4.47. The summed E-state index contributed by atoms with van der Waals surface area (Å²) in [5.74, 6) is 0.941. The molecule has 0 aliphatic rings. The first kappa shape index (κ1) is 15.6. The molecule has 3 aromatic heterocycles. The van der Waals surface area contributed by atoms with E-state index in [0.29, 0.717) is 0 Å². The third kappa shape index (κ3) is 2.82. The highest BCUT2D eigenvalue weighted by molar-refractivity contribution is 5.79. The fourth-order valence-corrected chi connectivity index (χ4v) is 3.05. The maximum atomic E-state index is 4.92. The van der Waals surface area contributed by atoms with Crippen LogP contribution in [0.1, 0.15) is 26.3 Å². The van der Waals surface area contributed by atoms with Crippen LogP contribution in [-0.2, 0) is 5.41 Å². The van der Waals surface area contributed by atoms with E-state index in [1.807, 2.05) is 30.3 Å². The van der Waals surface area contributed by atoms with Crippen LogP contribution in [0, 0.1) is 0 Å². The molecule has 124 valence electrons. The predicted molar refractivity (Wildman–Crippen MR) is 103 cm³/mol. The van der Waals surface area contributed by atoms with Crippen molar-refractivity contribution < 1.29 is 0 Å². The van der Waals surface area contributed by atoms with Crippen molar-refractivity contribution in [2.24, 2.45) is 0 Å². The van der Waals surface area contributed by atoms with Gasteiger partial charge in [-0.3, -0.25) is 9.38 Å². The van der Waals surface area contributed by atoms with Crippen LogP contribution in [0.3, 0.4) is 0 Å². The van der Waals surface area contributed by atoms with E-state index in [4.69, 9.17) is 4.98 Å². The van der Waals surface area contributed by atoms with Gasteiger partial charge in [-0.15, -0.1) is 0 Å². The number of nitrogens with zero attached hydrogens (tertiary/aromatic N) is 3. The zero-order chi connectivity index (χ0) is 17.4. The average molecular weight is 327 g/mol. The highest BCUT2D eigenvalue weighted by Crippen LogP contribution is 2.30. The molecule has 3 heteroatoms. The van der Waals surface area contributed by atoms with Crippen molar-refractivity contribution in [3.05, 3.63) is 78.6 Å². The van der Waals surface area contributed by atoms with E-state index >= 15 is 0 Å². The van der Waals surface area contributed by atoms with Gasteiger partial charge in [-0.1, -0.05) is 57.2 Å². The van der Waals surface area contributed by atoms with Crippen LogP contribution in [-0.4, -0.2) is 14.4 Å². The average Bonchev–Trinajstić information content (AvgIpc) is 3.02. The van der Waals surface area contributed by atoms with Crippen molar-refractivity contribution in [1.82, 2.24) is 14.4 Å². The Kier molecular flexibility index (Phi) is 3.65. The molecule has 0 saturated heterocycles. The quantitative estimate of drug-likeness (QED) is 0.496. The molecule has 0 bridgehead atoms. The number of rotatable bonds is 2. The normalized spacial score (nSPS) is 11.8. The van der Waals surface area contributed by atoms with Gasteiger partial charge in [-0.05, 0) is 35.2 Å². The number of benzene rings is 1. The second-order valence-corrected chi connectivity index (χ2v) is 7.28. The minimum absolute atomic E-state index is 0.145. The lowest BCUT2D eigenvalue weighted by Gasteiger charge is -2.19. The van der Waals surface area contributed by atoms with Gasteiger partial charge >= 0.3 is 0 Å². The minimum atomic E-state index is 0.145. The Morgan fingerprint density at radius 1 is 0.840 bits per heavy atom. The summed E-state index contributed by atoms with van der Waals surface area (Å²) < 4.78 is 2.14. The van der Waals surface area contributed by atoms with Crippen molar-refractivity contribution in [2.75, 3.05) is 0 Å². The first-order valence-corrected chi connectivity index (χ1v) is 8.53. The SMILES string of the molecule is CC(C)(C)c1ccc(-c2nc(-c3ccccn3)c3ccccn23)cc1. The van der Waals surface area contributed by atoms with Crippen molar-refractivity contribution in [1.29, 1.82) is 0 Å². The van der Waals surface area contributed by atoms with Gasteiger partial charge in [0.05, 0.1) is 11.2 Å². The van der Waals surface area contributed by atoms with E-state index in [0.717, 1.165) is 28.3 Å². The van der Waals surface area contributed by atoms with E-state index in [9.17, 15) is 0 Å². The second-order valence-electron chi connectivity index (χ2n) is 7.28. The second kappa shape index (κ2) is 5.85. The summed E-state index contributed by atoms with van der Waals surface area (Å²) in [7, 11) is 0. The summed E-state index contributed by atoms with van der Waals surface area (Å²) in [5.41, 5.74) is 5.45. The standard InChI is InChI=1S/C22H21N3/c1-22(2,3)17-12-10-16(11-13-17)21-24-20(18-8-4-6-14-23-18)19-9-5-7-15-25(19)21/h4-15H,1-3H3. The van der Waals surface area contributed by atoms with Crippen molar-refractivity contribution >= 4 is 5.52 Å². The molecule has 0 atom stereocenters. The Labute approximate surface area is 148 Å². The lowest BCUT2D eigenvalue weighted by molar-refractivity contribution is 0.590. The first-order chi connectivity index (χ1) is 12.0. The van der Waals surface area contributed by atoms with Crippen molar-refractivity contribution in [3.8, 4) is 22.8 Å². The molecule has 0 N–H and O–H groups in total. The van der Waals surface area contributed by atoms with E-state index in [1.54, 1.807) is 6.20 Å². The molecule has 4 aromatic rings. The maximum Gasteiger partial charge on any atom is 0.145 e. The zero-order valence-corrected chi connectivity index (χ0v) is 14.8. The molecule has 0 spiro atoms. The summed E-state index contributed by atoms with van der Waals surface area (Å²) in [5, 5.41) is 0. The number of pyridine rings is 2. The Hall–Kier alpha value is -2.94. The van der Waals surface area contributed by atoms with Crippen LogP contribution in [0.5, 0.6) is 0 Å². The molecule has 25 heavy (non-hydrogen) atoms.